The third-order valence-electron chi connectivity index (χ3n) is 5.07. The zero-order valence-corrected chi connectivity index (χ0v) is 14.6. The van der Waals surface area contributed by atoms with E-state index in [2.05, 4.69) is 24.4 Å². The molecule has 2 aromatic rings. The lowest BCUT2D eigenvalue weighted by atomic mass is 9.88. The number of rotatable bonds is 2. The number of para-hydroxylation sites is 1. The van der Waals surface area contributed by atoms with Gasteiger partial charge in [-0.3, -0.25) is 0 Å². The molecule has 126 valence electrons. The van der Waals surface area contributed by atoms with Gasteiger partial charge in [-0.2, -0.15) is 0 Å². The Balaban J connectivity index is 1.64. The van der Waals surface area contributed by atoms with Crippen molar-refractivity contribution >= 4 is 11.6 Å². The van der Waals surface area contributed by atoms with Crippen molar-refractivity contribution in [1.29, 1.82) is 0 Å². The number of piperidine rings is 1. The molecule has 3 nitrogen and oxygen atoms in total. The predicted molar refractivity (Wildman–Crippen MR) is 96.2 cm³/mol. The number of hydrogen-bond acceptors (Lipinski definition) is 3. The van der Waals surface area contributed by atoms with Gasteiger partial charge < -0.3 is 14.8 Å². The summed E-state index contributed by atoms with van der Waals surface area (Å²) >= 11 is 6.01. The van der Waals surface area contributed by atoms with E-state index < -0.39 is 5.60 Å². The fraction of sp³-hybridized carbons (Fsp3) is 0.400. The van der Waals surface area contributed by atoms with E-state index in [9.17, 15) is 0 Å². The first-order valence-electron chi connectivity index (χ1n) is 8.57. The zero-order valence-electron chi connectivity index (χ0n) is 13.8. The van der Waals surface area contributed by atoms with Crippen molar-refractivity contribution in [2.45, 2.75) is 31.3 Å². The highest BCUT2D eigenvalue weighted by Gasteiger charge is 2.36. The van der Waals surface area contributed by atoms with Crippen molar-refractivity contribution in [3.63, 3.8) is 0 Å². The van der Waals surface area contributed by atoms with E-state index in [1.807, 2.05) is 30.3 Å². The number of ether oxygens (including phenoxy) is 2. The highest BCUT2D eigenvalue weighted by Crippen LogP contribution is 2.45. The van der Waals surface area contributed by atoms with E-state index >= 15 is 0 Å². The van der Waals surface area contributed by atoms with Crippen LogP contribution in [-0.2, 0) is 5.60 Å². The summed E-state index contributed by atoms with van der Waals surface area (Å²) in [5.41, 5.74) is 1.86. The normalized spacial score (nSPS) is 23.9. The van der Waals surface area contributed by atoms with Crippen LogP contribution in [0.5, 0.6) is 11.5 Å². The Labute approximate surface area is 147 Å². The van der Waals surface area contributed by atoms with E-state index in [0.29, 0.717) is 12.5 Å². The molecule has 24 heavy (non-hydrogen) atoms. The second kappa shape index (κ2) is 6.30. The summed E-state index contributed by atoms with van der Waals surface area (Å²) in [6.45, 7) is 4.70. The fourth-order valence-electron chi connectivity index (χ4n) is 3.65. The van der Waals surface area contributed by atoms with Gasteiger partial charge in [0.25, 0.3) is 0 Å². The van der Waals surface area contributed by atoms with E-state index in [4.69, 9.17) is 21.1 Å². The van der Waals surface area contributed by atoms with Gasteiger partial charge in [-0.25, -0.2) is 0 Å². The maximum absolute atomic E-state index is 6.39. The Hall–Kier alpha value is -1.71. The van der Waals surface area contributed by atoms with E-state index in [-0.39, 0.29) is 0 Å². The van der Waals surface area contributed by atoms with E-state index in [1.165, 1.54) is 5.56 Å². The quantitative estimate of drug-likeness (QED) is 0.871. The number of hydrogen-bond donors (Lipinski definition) is 1. The van der Waals surface area contributed by atoms with Crippen molar-refractivity contribution in [2.75, 3.05) is 19.7 Å². The fourth-order valence-corrected chi connectivity index (χ4v) is 3.77. The summed E-state index contributed by atoms with van der Waals surface area (Å²) < 4.78 is 12.6. The van der Waals surface area contributed by atoms with Gasteiger partial charge in [0.2, 0.25) is 0 Å². The summed E-state index contributed by atoms with van der Waals surface area (Å²) in [6.07, 6.45) is 2.29. The van der Waals surface area contributed by atoms with Crippen molar-refractivity contribution in [2.24, 2.45) is 0 Å². The number of fused-ring (bicyclic) bond motifs is 1. The molecule has 2 heterocycles. The summed E-state index contributed by atoms with van der Waals surface area (Å²) in [5, 5.41) is 4.15. The average molecular weight is 344 g/mol. The van der Waals surface area contributed by atoms with E-state index in [0.717, 1.165) is 48.0 Å². The van der Waals surface area contributed by atoms with Crippen molar-refractivity contribution < 1.29 is 9.47 Å². The monoisotopic (exact) mass is 343 g/mol. The van der Waals surface area contributed by atoms with Crippen LogP contribution in [0.15, 0.2) is 42.5 Å². The second-order valence-electron chi connectivity index (χ2n) is 6.83. The van der Waals surface area contributed by atoms with Gasteiger partial charge in [0, 0.05) is 10.6 Å². The molecule has 0 radical (unpaired) electrons. The van der Waals surface area contributed by atoms with Gasteiger partial charge >= 0.3 is 0 Å². The van der Waals surface area contributed by atoms with Gasteiger partial charge in [0.05, 0.1) is 0 Å². The highest BCUT2D eigenvalue weighted by molar-refractivity contribution is 6.30. The van der Waals surface area contributed by atoms with Crippen LogP contribution in [-0.4, -0.2) is 19.7 Å². The standard InChI is InChI=1S/C20H22ClNO2/c1-20(15-5-7-16(21)8-6-15)13-23-19-17(3-2-4-18(19)24-20)14-9-11-22-12-10-14/h2-8,14,22H,9-13H2,1H3. The molecule has 1 atom stereocenters. The summed E-state index contributed by atoms with van der Waals surface area (Å²) in [5.74, 6) is 2.32. The lowest BCUT2D eigenvalue weighted by molar-refractivity contribution is 0.00149. The Morgan fingerprint density at radius 2 is 1.83 bits per heavy atom. The minimum Gasteiger partial charge on any atom is -0.485 e. The molecule has 4 heteroatoms. The number of benzene rings is 2. The topological polar surface area (TPSA) is 30.5 Å². The van der Waals surface area contributed by atoms with Crippen LogP contribution in [0.2, 0.25) is 5.02 Å². The first-order valence-corrected chi connectivity index (χ1v) is 8.95. The van der Waals surface area contributed by atoms with Gasteiger partial charge in [0.15, 0.2) is 17.1 Å². The molecule has 2 aliphatic heterocycles. The molecule has 0 aromatic heterocycles. The molecule has 4 rings (SSSR count). The molecule has 2 aromatic carbocycles. The number of halogens is 1. The predicted octanol–water partition coefficient (Wildman–Crippen LogP) is 4.49. The molecule has 0 amide bonds. The second-order valence-corrected chi connectivity index (χ2v) is 7.26. The SMILES string of the molecule is CC1(c2ccc(Cl)cc2)COc2c(cccc2C2CCNCC2)O1. The third kappa shape index (κ3) is 2.87. The number of nitrogens with one attached hydrogen (secondary N) is 1. The maximum atomic E-state index is 6.39. The molecule has 0 aliphatic carbocycles. The van der Waals surface area contributed by atoms with Crippen LogP contribution >= 0.6 is 11.6 Å². The van der Waals surface area contributed by atoms with Crippen LogP contribution in [0.3, 0.4) is 0 Å². The van der Waals surface area contributed by atoms with Gasteiger partial charge in [-0.05, 0) is 62.5 Å². The summed E-state index contributed by atoms with van der Waals surface area (Å²) in [4.78, 5) is 0. The van der Waals surface area contributed by atoms with Gasteiger partial charge in [0.1, 0.15) is 6.61 Å². The first-order chi connectivity index (χ1) is 11.7. The van der Waals surface area contributed by atoms with Crippen LogP contribution in [0.25, 0.3) is 0 Å². The molecule has 0 bridgehead atoms. The molecule has 1 fully saturated rings. The third-order valence-corrected chi connectivity index (χ3v) is 5.32. The Morgan fingerprint density at radius 1 is 1.08 bits per heavy atom. The Kier molecular flexibility index (Phi) is 4.15. The van der Waals surface area contributed by atoms with Crippen LogP contribution < -0.4 is 14.8 Å². The molecule has 1 saturated heterocycles. The van der Waals surface area contributed by atoms with Gasteiger partial charge in [-0.15, -0.1) is 0 Å². The summed E-state index contributed by atoms with van der Waals surface area (Å²) in [7, 11) is 0. The average Bonchev–Trinajstić information content (AvgIpc) is 2.62. The van der Waals surface area contributed by atoms with Crippen LogP contribution in [0.1, 0.15) is 36.8 Å². The lowest BCUT2D eigenvalue weighted by Gasteiger charge is -2.37. The molecular weight excluding hydrogens is 322 g/mol. The molecule has 1 unspecified atom stereocenters. The Bertz CT molecular complexity index is 725. The highest BCUT2D eigenvalue weighted by atomic mass is 35.5. The minimum atomic E-state index is -0.496. The molecule has 0 saturated carbocycles. The Morgan fingerprint density at radius 3 is 2.58 bits per heavy atom. The minimum absolute atomic E-state index is 0.496. The first kappa shape index (κ1) is 15.8. The largest absolute Gasteiger partial charge is 0.485 e. The molecule has 0 spiro atoms. The van der Waals surface area contributed by atoms with Crippen molar-refractivity contribution in [3.8, 4) is 11.5 Å². The smallest absolute Gasteiger partial charge is 0.165 e. The van der Waals surface area contributed by atoms with Crippen LogP contribution in [0, 0.1) is 0 Å². The molecule has 1 N–H and O–H groups in total. The molecule has 2 aliphatic rings. The van der Waals surface area contributed by atoms with Crippen molar-refractivity contribution in [3.05, 3.63) is 58.6 Å². The summed E-state index contributed by atoms with van der Waals surface area (Å²) in [6, 6.07) is 14.1. The zero-order chi connectivity index (χ0) is 16.6. The van der Waals surface area contributed by atoms with Gasteiger partial charge in [-0.1, -0.05) is 35.9 Å². The van der Waals surface area contributed by atoms with Crippen molar-refractivity contribution in [1.82, 2.24) is 5.32 Å². The molecular formula is C20H22ClNO2. The maximum Gasteiger partial charge on any atom is 0.165 e. The van der Waals surface area contributed by atoms with E-state index in [1.54, 1.807) is 0 Å². The van der Waals surface area contributed by atoms with Crippen LogP contribution in [0.4, 0.5) is 0 Å². The lowest BCUT2D eigenvalue weighted by Crippen LogP contribution is -2.39.